The Morgan fingerprint density at radius 1 is 1.27 bits per heavy atom. The van der Waals surface area contributed by atoms with E-state index in [1.54, 1.807) is 4.68 Å². The van der Waals surface area contributed by atoms with E-state index >= 15 is 0 Å². The number of rotatable bonds is 3. The minimum absolute atomic E-state index is 0.328. The maximum absolute atomic E-state index is 11.1. The van der Waals surface area contributed by atoms with Crippen LogP contribution in [0.3, 0.4) is 0 Å². The maximum atomic E-state index is 11.1. The molecule has 1 aliphatic rings. The number of carboxylic acids is 1. The van der Waals surface area contributed by atoms with E-state index in [1.165, 1.54) is 0 Å². The van der Waals surface area contributed by atoms with Gasteiger partial charge in [0.05, 0.1) is 11.6 Å². The molecular weight excluding hydrogens is 282 g/mol. The van der Waals surface area contributed by atoms with Crippen molar-refractivity contribution >= 4 is 11.8 Å². The van der Waals surface area contributed by atoms with E-state index in [0.717, 1.165) is 36.6 Å². The highest BCUT2D eigenvalue weighted by atomic mass is 16.4. The molecule has 0 aromatic carbocycles. The average Bonchev–Trinajstić information content (AvgIpc) is 2.86. The van der Waals surface area contributed by atoms with Gasteiger partial charge in [0.2, 0.25) is 0 Å². The first-order chi connectivity index (χ1) is 10.5. The Hall–Kier alpha value is -2.44. The predicted octanol–water partition coefficient (Wildman–Crippen LogP) is 1.58. The standard InChI is InChI=1S/C15H19N5O2/c1-10-8-11(2)20(18-10)14-6-5-13(16-17-14)19-7-3-4-12(9-19)15(21)22/h5-6,8,12H,3-4,7,9H2,1-2H3,(H,21,22)/t12-/m1/s1. The highest BCUT2D eigenvalue weighted by molar-refractivity contribution is 5.71. The normalized spacial score (nSPS) is 18.5. The van der Waals surface area contributed by atoms with Crippen LogP contribution in [0.15, 0.2) is 18.2 Å². The second-order valence-electron chi connectivity index (χ2n) is 5.71. The number of nitrogens with zero attached hydrogens (tertiary/aromatic N) is 5. The highest BCUT2D eigenvalue weighted by Gasteiger charge is 2.26. The third kappa shape index (κ3) is 2.79. The second-order valence-corrected chi connectivity index (χ2v) is 5.71. The molecular formula is C15H19N5O2. The molecule has 2 aromatic rings. The predicted molar refractivity (Wildman–Crippen MR) is 81.2 cm³/mol. The molecule has 0 unspecified atom stereocenters. The smallest absolute Gasteiger partial charge is 0.308 e. The van der Waals surface area contributed by atoms with Gasteiger partial charge in [-0.2, -0.15) is 5.10 Å². The van der Waals surface area contributed by atoms with Crippen molar-refractivity contribution in [2.45, 2.75) is 26.7 Å². The molecule has 1 aliphatic heterocycles. The van der Waals surface area contributed by atoms with Crippen molar-refractivity contribution in [3.63, 3.8) is 0 Å². The largest absolute Gasteiger partial charge is 0.481 e. The fourth-order valence-corrected chi connectivity index (χ4v) is 2.85. The summed E-state index contributed by atoms with van der Waals surface area (Å²) in [6.45, 7) is 5.21. The fraction of sp³-hybridized carbons (Fsp3) is 0.467. The third-order valence-corrected chi connectivity index (χ3v) is 3.96. The molecule has 0 radical (unpaired) electrons. The number of aliphatic carboxylic acids is 1. The summed E-state index contributed by atoms with van der Waals surface area (Å²) in [4.78, 5) is 13.1. The summed E-state index contributed by atoms with van der Waals surface area (Å²) >= 11 is 0. The zero-order chi connectivity index (χ0) is 15.7. The van der Waals surface area contributed by atoms with Gasteiger partial charge in [-0.15, -0.1) is 10.2 Å². The number of piperidine rings is 1. The number of carbonyl (C=O) groups is 1. The van der Waals surface area contributed by atoms with E-state index in [4.69, 9.17) is 5.11 Å². The molecule has 3 rings (SSSR count). The van der Waals surface area contributed by atoms with Crippen molar-refractivity contribution in [1.29, 1.82) is 0 Å². The van der Waals surface area contributed by atoms with E-state index in [-0.39, 0.29) is 5.92 Å². The van der Waals surface area contributed by atoms with Gasteiger partial charge >= 0.3 is 5.97 Å². The minimum atomic E-state index is -0.739. The lowest BCUT2D eigenvalue weighted by Gasteiger charge is -2.31. The molecule has 1 atom stereocenters. The topological polar surface area (TPSA) is 84.1 Å². The summed E-state index contributed by atoms with van der Waals surface area (Å²) in [6, 6.07) is 5.73. The zero-order valence-corrected chi connectivity index (χ0v) is 12.7. The Morgan fingerprint density at radius 3 is 2.59 bits per heavy atom. The number of carboxylic acid groups (broad SMARTS) is 1. The second kappa shape index (κ2) is 5.75. The molecule has 1 N–H and O–H groups in total. The van der Waals surface area contributed by atoms with E-state index in [0.29, 0.717) is 12.4 Å². The zero-order valence-electron chi connectivity index (χ0n) is 12.7. The molecule has 0 amide bonds. The van der Waals surface area contributed by atoms with Gasteiger partial charge in [0.15, 0.2) is 11.6 Å². The van der Waals surface area contributed by atoms with E-state index < -0.39 is 5.97 Å². The number of hydrogen-bond acceptors (Lipinski definition) is 5. The minimum Gasteiger partial charge on any atom is -0.481 e. The van der Waals surface area contributed by atoms with Crippen molar-refractivity contribution < 1.29 is 9.90 Å². The van der Waals surface area contributed by atoms with Crippen LogP contribution in [0, 0.1) is 19.8 Å². The summed E-state index contributed by atoms with van der Waals surface area (Å²) in [7, 11) is 0. The van der Waals surface area contributed by atoms with Gasteiger partial charge in [-0.05, 0) is 44.9 Å². The lowest BCUT2D eigenvalue weighted by molar-refractivity contribution is -0.141. The molecule has 0 spiro atoms. The molecule has 22 heavy (non-hydrogen) atoms. The molecule has 2 aromatic heterocycles. The van der Waals surface area contributed by atoms with Crippen molar-refractivity contribution in [3.8, 4) is 5.82 Å². The summed E-state index contributed by atoms with van der Waals surface area (Å²) in [5.41, 5.74) is 1.94. The van der Waals surface area contributed by atoms with Crippen molar-refractivity contribution in [3.05, 3.63) is 29.6 Å². The first-order valence-corrected chi connectivity index (χ1v) is 7.40. The number of aromatic nitrogens is 4. The van der Waals surface area contributed by atoms with Gasteiger partial charge in [-0.25, -0.2) is 4.68 Å². The van der Waals surface area contributed by atoms with Crippen LogP contribution in [0.4, 0.5) is 5.82 Å². The molecule has 1 saturated heterocycles. The van der Waals surface area contributed by atoms with Crippen LogP contribution in [0.5, 0.6) is 0 Å². The summed E-state index contributed by atoms with van der Waals surface area (Å²) in [6.07, 6.45) is 1.58. The summed E-state index contributed by atoms with van der Waals surface area (Å²) in [5.74, 6) is 0.320. The van der Waals surface area contributed by atoms with Crippen LogP contribution in [0.2, 0.25) is 0 Å². The number of anilines is 1. The van der Waals surface area contributed by atoms with Gasteiger partial charge < -0.3 is 10.0 Å². The lowest BCUT2D eigenvalue weighted by Crippen LogP contribution is -2.39. The molecule has 7 heteroatoms. The molecule has 0 saturated carbocycles. The summed E-state index contributed by atoms with van der Waals surface area (Å²) < 4.78 is 1.75. The average molecular weight is 301 g/mol. The molecule has 3 heterocycles. The molecule has 7 nitrogen and oxygen atoms in total. The van der Waals surface area contributed by atoms with Crippen LogP contribution < -0.4 is 4.90 Å². The van der Waals surface area contributed by atoms with Crippen LogP contribution >= 0.6 is 0 Å². The lowest BCUT2D eigenvalue weighted by atomic mass is 9.98. The monoisotopic (exact) mass is 301 g/mol. The first kappa shape index (κ1) is 14.5. The SMILES string of the molecule is Cc1cc(C)n(-c2ccc(N3CCC[C@@H](C(=O)O)C3)nn2)n1. The van der Waals surface area contributed by atoms with Gasteiger partial charge in [0.1, 0.15) is 0 Å². The van der Waals surface area contributed by atoms with Crippen molar-refractivity contribution in [2.75, 3.05) is 18.0 Å². The fourth-order valence-electron chi connectivity index (χ4n) is 2.85. The van der Waals surface area contributed by atoms with Crippen LogP contribution in [-0.2, 0) is 4.79 Å². The van der Waals surface area contributed by atoms with Gasteiger partial charge in [0.25, 0.3) is 0 Å². The highest BCUT2D eigenvalue weighted by Crippen LogP contribution is 2.22. The molecule has 116 valence electrons. The maximum Gasteiger partial charge on any atom is 0.308 e. The van der Waals surface area contributed by atoms with E-state index in [9.17, 15) is 4.79 Å². The Morgan fingerprint density at radius 2 is 2.00 bits per heavy atom. The van der Waals surface area contributed by atoms with Gasteiger partial charge in [-0.3, -0.25) is 4.79 Å². The van der Waals surface area contributed by atoms with Gasteiger partial charge in [0, 0.05) is 18.8 Å². The number of aryl methyl sites for hydroxylation is 2. The van der Waals surface area contributed by atoms with Crippen LogP contribution in [0.25, 0.3) is 5.82 Å². The van der Waals surface area contributed by atoms with Crippen molar-refractivity contribution in [2.24, 2.45) is 5.92 Å². The van der Waals surface area contributed by atoms with Crippen molar-refractivity contribution in [1.82, 2.24) is 20.0 Å². The number of hydrogen-bond donors (Lipinski definition) is 1. The Balaban J connectivity index is 1.79. The first-order valence-electron chi connectivity index (χ1n) is 7.40. The van der Waals surface area contributed by atoms with E-state index in [2.05, 4.69) is 15.3 Å². The van der Waals surface area contributed by atoms with Gasteiger partial charge in [-0.1, -0.05) is 0 Å². The Kier molecular flexibility index (Phi) is 3.79. The summed E-state index contributed by atoms with van der Waals surface area (Å²) in [5, 5.41) is 22.0. The Labute approximate surface area is 128 Å². The van der Waals surface area contributed by atoms with E-state index in [1.807, 2.05) is 36.9 Å². The molecule has 1 fully saturated rings. The quantitative estimate of drug-likeness (QED) is 0.926. The molecule has 0 aliphatic carbocycles. The Bertz CT molecular complexity index is 680. The van der Waals surface area contributed by atoms with Crippen LogP contribution in [-0.4, -0.2) is 44.1 Å². The van der Waals surface area contributed by atoms with Crippen LogP contribution in [0.1, 0.15) is 24.2 Å². The molecule has 0 bridgehead atoms. The third-order valence-electron chi connectivity index (χ3n) is 3.96.